The molecule has 0 saturated heterocycles. The van der Waals surface area contributed by atoms with Crippen LogP contribution >= 0.6 is 15.9 Å². The number of rotatable bonds is 7. The van der Waals surface area contributed by atoms with Gasteiger partial charge in [0.25, 0.3) is 0 Å². The summed E-state index contributed by atoms with van der Waals surface area (Å²) in [4.78, 5) is 13.1. The molecule has 1 unspecified atom stereocenters. The molecule has 0 spiro atoms. The highest BCUT2D eigenvalue weighted by molar-refractivity contribution is 9.10. The van der Waals surface area contributed by atoms with Gasteiger partial charge < -0.3 is 15.5 Å². The zero-order valence-corrected chi connectivity index (χ0v) is 13.3. The topological polar surface area (TPSA) is 44.4 Å². The van der Waals surface area contributed by atoms with Crippen LogP contribution in [-0.2, 0) is 4.79 Å². The van der Waals surface area contributed by atoms with Crippen LogP contribution in [0.4, 0.5) is 5.69 Å². The molecule has 0 aliphatic carbocycles. The Morgan fingerprint density at radius 1 is 1.37 bits per heavy atom. The van der Waals surface area contributed by atoms with Gasteiger partial charge in [-0.15, -0.1) is 0 Å². The zero-order chi connectivity index (χ0) is 14.3. The van der Waals surface area contributed by atoms with Gasteiger partial charge in [-0.2, -0.15) is 0 Å². The smallest absolute Gasteiger partial charge is 0.223 e. The number of carbonyl (C=O) groups is 1. The van der Waals surface area contributed by atoms with Gasteiger partial charge in [0.1, 0.15) is 0 Å². The van der Waals surface area contributed by atoms with Crippen molar-refractivity contribution in [2.75, 3.05) is 32.5 Å². The van der Waals surface area contributed by atoms with Gasteiger partial charge in [0.2, 0.25) is 5.91 Å². The highest BCUT2D eigenvalue weighted by atomic mass is 79.9. The number of halogens is 1. The van der Waals surface area contributed by atoms with Crippen LogP contribution in [0.5, 0.6) is 0 Å². The van der Waals surface area contributed by atoms with Crippen LogP contribution < -0.4 is 10.6 Å². The van der Waals surface area contributed by atoms with Gasteiger partial charge in [-0.25, -0.2) is 0 Å². The van der Waals surface area contributed by atoms with Crippen LogP contribution in [0.3, 0.4) is 0 Å². The van der Waals surface area contributed by atoms with Gasteiger partial charge >= 0.3 is 0 Å². The van der Waals surface area contributed by atoms with E-state index in [-0.39, 0.29) is 11.9 Å². The van der Waals surface area contributed by atoms with E-state index in [2.05, 4.69) is 26.6 Å². The highest BCUT2D eigenvalue weighted by Gasteiger charge is 2.09. The first kappa shape index (κ1) is 16.0. The van der Waals surface area contributed by atoms with Crippen molar-refractivity contribution < 1.29 is 4.79 Å². The van der Waals surface area contributed by atoms with Crippen LogP contribution in [0.25, 0.3) is 0 Å². The van der Waals surface area contributed by atoms with Crippen molar-refractivity contribution in [3.8, 4) is 0 Å². The molecule has 5 heteroatoms. The standard InChI is InChI=1S/C14H22BrN3O/c1-11(9-14(19)18(2)3)16-7-8-17-13-6-4-5-12(15)10-13/h4-6,10-11,16-17H,7-9H2,1-3H3. The number of nitrogens with zero attached hydrogens (tertiary/aromatic N) is 1. The molecule has 0 saturated carbocycles. The molecule has 1 aromatic rings. The Morgan fingerprint density at radius 3 is 2.74 bits per heavy atom. The predicted molar refractivity (Wildman–Crippen MR) is 83.4 cm³/mol. The number of amides is 1. The molecule has 19 heavy (non-hydrogen) atoms. The van der Waals surface area contributed by atoms with Gasteiger partial charge in [0, 0.05) is 49.8 Å². The van der Waals surface area contributed by atoms with Crippen molar-refractivity contribution in [2.45, 2.75) is 19.4 Å². The van der Waals surface area contributed by atoms with Crippen molar-refractivity contribution in [3.05, 3.63) is 28.7 Å². The lowest BCUT2D eigenvalue weighted by Gasteiger charge is -2.17. The molecule has 0 heterocycles. The van der Waals surface area contributed by atoms with Crippen molar-refractivity contribution in [1.82, 2.24) is 10.2 Å². The van der Waals surface area contributed by atoms with E-state index in [4.69, 9.17) is 0 Å². The molecule has 2 N–H and O–H groups in total. The quantitative estimate of drug-likeness (QED) is 0.755. The second kappa shape index (κ2) is 8.17. The van der Waals surface area contributed by atoms with Gasteiger partial charge in [-0.3, -0.25) is 4.79 Å². The van der Waals surface area contributed by atoms with Crippen molar-refractivity contribution >= 4 is 27.5 Å². The van der Waals surface area contributed by atoms with Crippen LogP contribution in [0.2, 0.25) is 0 Å². The van der Waals surface area contributed by atoms with E-state index in [9.17, 15) is 4.79 Å². The Kier molecular flexibility index (Phi) is 6.87. The van der Waals surface area contributed by atoms with Crippen LogP contribution in [0, 0.1) is 0 Å². The van der Waals surface area contributed by atoms with E-state index in [1.54, 1.807) is 19.0 Å². The minimum Gasteiger partial charge on any atom is -0.384 e. The first-order valence-corrected chi connectivity index (χ1v) is 7.21. The molecule has 1 rings (SSSR count). The number of anilines is 1. The average molecular weight is 328 g/mol. The molecule has 1 atom stereocenters. The van der Waals surface area contributed by atoms with Gasteiger partial charge in [-0.1, -0.05) is 22.0 Å². The van der Waals surface area contributed by atoms with Crippen molar-refractivity contribution in [1.29, 1.82) is 0 Å². The van der Waals surface area contributed by atoms with E-state index >= 15 is 0 Å². The number of carbonyl (C=O) groups excluding carboxylic acids is 1. The Hall–Kier alpha value is -1.07. The maximum Gasteiger partial charge on any atom is 0.223 e. The fourth-order valence-corrected chi connectivity index (χ4v) is 2.04. The van der Waals surface area contributed by atoms with E-state index in [1.807, 2.05) is 31.2 Å². The first-order valence-electron chi connectivity index (χ1n) is 6.42. The summed E-state index contributed by atoms with van der Waals surface area (Å²) in [6.07, 6.45) is 0.532. The molecular formula is C14H22BrN3O. The molecule has 106 valence electrons. The molecule has 0 aliphatic heterocycles. The van der Waals surface area contributed by atoms with Gasteiger partial charge in [0.15, 0.2) is 0 Å². The number of hydrogen-bond donors (Lipinski definition) is 2. The molecule has 1 amide bonds. The minimum atomic E-state index is 0.153. The zero-order valence-electron chi connectivity index (χ0n) is 11.7. The lowest BCUT2D eigenvalue weighted by molar-refractivity contribution is -0.129. The number of nitrogens with one attached hydrogen (secondary N) is 2. The summed E-state index contributed by atoms with van der Waals surface area (Å²) in [6, 6.07) is 8.26. The summed E-state index contributed by atoms with van der Waals surface area (Å²) in [7, 11) is 3.56. The fraction of sp³-hybridized carbons (Fsp3) is 0.500. The van der Waals surface area contributed by atoms with Crippen molar-refractivity contribution in [2.24, 2.45) is 0 Å². The summed E-state index contributed by atoms with van der Waals surface area (Å²) in [5.41, 5.74) is 1.09. The number of hydrogen-bond acceptors (Lipinski definition) is 3. The number of benzene rings is 1. The molecule has 0 radical (unpaired) electrons. The Balaban J connectivity index is 2.18. The summed E-state index contributed by atoms with van der Waals surface area (Å²) >= 11 is 3.44. The van der Waals surface area contributed by atoms with Crippen molar-refractivity contribution in [3.63, 3.8) is 0 Å². The Morgan fingerprint density at radius 2 is 2.11 bits per heavy atom. The summed E-state index contributed by atoms with van der Waals surface area (Å²) in [6.45, 7) is 3.69. The van der Waals surface area contributed by atoms with E-state index in [0.717, 1.165) is 23.2 Å². The fourth-order valence-electron chi connectivity index (χ4n) is 1.64. The van der Waals surface area contributed by atoms with E-state index in [0.29, 0.717) is 6.42 Å². The molecule has 0 bridgehead atoms. The lowest BCUT2D eigenvalue weighted by Crippen LogP contribution is -2.35. The largest absolute Gasteiger partial charge is 0.384 e. The molecule has 0 aromatic heterocycles. The van der Waals surface area contributed by atoms with Gasteiger partial charge in [0.05, 0.1) is 0 Å². The van der Waals surface area contributed by atoms with Gasteiger partial charge in [-0.05, 0) is 25.1 Å². The molecule has 1 aromatic carbocycles. The minimum absolute atomic E-state index is 0.153. The van der Waals surface area contributed by atoms with Crippen LogP contribution in [0.15, 0.2) is 28.7 Å². The molecule has 0 aliphatic rings. The summed E-state index contributed by atoms with van der Waals surface area (Å²) in [5.74, 6) is 0.153. The Bertz CT molecular complexity index is 409. The second-order valence-electron chi connectivity index (χ2n) is 4.78. The Labute approximate surface area is 123 Å². The SMILES string of the molecule is CC(CC(=O)N(C)C)NCCNc1cccc(Br)c1. The normalized spacial score (nSPS) is 12.0. The van der Waals surface area contributed by atoms with E-state index < -0.39 is 0 Å². The molecule has 0 fully saturated rings. The van der Waals surface area contributed by atoms with Crippen LogP contribution in [0.1, 0.15) is 13.3 Å². The molecular weight excluding hydrogens is 306 g/mol. The lowest BCUT2D eigenvalue weighted by atomic mass is 10.2. The monoisotopic (exact) mass is 327 g/mol. The molecule has 4 nitrogen and oxygen atoms in total. The third kappa shape index (κ3) is 6.59. The average Bonchev–Trinajstić information content (AvgIpc) is 2.34. The predicted octanol–water partition coefficient (Wildman–Crippen LogP) is 2.32. The maximum atomic E-state index is 11.5. The second-order valence-corrected chi connectivity index (χ2v) is 5.70. The highest BCUT2D eigenvalue weighted by Crippen LogP contribution is 2.14. The van der Waals surface area contributed by atoms with E-state index in [1.165, 1.54) is 0 Å². The first-order chi connectivity index (χ1) is 8.99. The maximum absolute atomic E-state index is 11.5. The van der Waals surface area contributed by atoms with Crippen LogP contribution in [-0.4, -0.2) is 44.0 Å². The third-order valence-electron chi connectivity index (χ3n) is 2.75. The summed E-state index contributed by atoms with van der Waals surface area (Å²) in [5, 5.41) is 6.66. The summed E-state index contributed by atoms with van der Waals surface area (Å²) < 4.78 is 1.07. The third-order valence-corrected chi connectivity index (χ3v) is 3.24.